The molecule has 1 fully saturated rings. The van der Waals surface area contributed by atoms with Crippen molar-refractivity contribution in [2.75, 3.05) is 18.4 Å². The number of hydrogen-bond donors (Lipinski definition) is 2. The van der Waals surface area contributed by atoms with Crippen molar-refractivity contribution in [1.29, 1.82) is 0 Å². The van der Waals surface area contributed by atoms with Gasteiger partial charge in [0, 0.05) is 11.4 Å². The fourth-order valence-corrected chi connectivity index (χ4v) is 3.38. The molecule has 0 bridgehead atoms. The number of aryl methyl sites for hydroxylation is 2. The van der Waals surface area contributed by atoms with Gasteiger partial charge < -0.3 is 11.1 Å². The van der Waals surface area contributed by atoms with Gasteiger partial charge in [0.2, 0.25) is 0 Å². The molecular weight excluding hydrogens is 230 g/mol. The maximum atomic E-state index is 5.98. The Bertz CT molecular complexity index is 347. The van der Waals surface area contributed by atoms with E-state index in [9.17, 15) is 0 Å². The number of aromatic nitrogens is 1. The van der Waals surface area contributed by atoms with E-state index in [0.717, 1.165) is 23.9 Å². The highest BCUT2D eigenvalue weighted by Gasteiger charge is 2.30. The number of nitrogens with two attached hydrogens (primary N) is 1. The number of thiazole rings is 1. The summed E-state index contributed by atoms with van der Waals surface area (Å²) in [6.45, 7) is 5.97. The molecule has 0 aromatic carbocycles. The Morgan fingerprint density at radius 3 is 2.53 bits per heavy atom. The molecule has 0 spiro atoms. The normalized spacial score (nSPS) is 19.2. The third-order valence-corrected chi connectivity index (χ3v) is 5.02. The summed E-state index contributed by atoms with van der Waals surface area (Å²) >= 11 is 1.75. The molecule has 2 rings (SSSR count). The predicted octanol–water partition coefficient (Wildman–Crippen LogP) is 3.08. The lowest BCUT2D eigenvalue weighted by Crippen LogP contribution is -2.39. The van der Waals surface area contributed by atoms with Crippen molar-refractivity contribution in [3.05, 3.63) is 10.6 Å². The van der Waals surface area contributed by atoms with E-state index in [1.807, 2.05) is 0 Å². The van der Waals surface area contributed by atoms with Gasteiger partial charge >= 0.3 is 0 Å². The van der Waals surface area contributed by atoms with E-state index in [1.165, 1.54) is 37.0 Å². The summed E-state index contributed by atoms with van der Waals surface area (Å²) < 4.78 is 0. The lowest BCUT2D eigenvalue weighted by molar-refractivity contribution is 0.215. The standard InChI is InChI=1S/C13H23N3S/c1-10-11(2)17-12(16-10)15-9-13(8-14)6-4-3-5-7-13/h3-9,14H2,1-2H3,(H,15,16). The smallest absolute Gasteiger partial charge is 0.183 e. The van der Waals surface area contributed by atoms with Crippen LogP contribution in [0.25, 0.3) is 0 Å². The third-order valence-electron chi connectivity index (χ3n) is 3.99. The first kappa shape index (κ1) is 12.8. The third kappa shape index (κ3) is 2.99. The number of anilines is 1. The van der Waals surface area contributed by atoms with Gasteiger partial charge in [-0.05, 0) is 38.6 Å². The Morgan fingerprint density at radius 2 is 2.00 bits per heavy atom. The Labute approximate surface area is 108 Å². The average molecular weight is 253 g/mol. The SMILES string of the molecule is Cc1nc(NCC2(CN)CCCCC2)sc1C. The van der Waals surface area contributed by atoms with Gasteiger partial charge in [0.1, 0.15) is 0 Å². The largest absolute Gasteiger partial charge is 0.361 e. The van der Waals surface area contributed by atoms with Crippen molar-refractivity contribution in [2.45, 2.75) is 46.0 Å². The van der Waals surface area contributed by atoms with Crippen molar-refractivity contribution in [3.63, 3.8) is 0 Å². The van der Waals surface area contributed by atoms with Crippen LogP contribution in [0.4, 0.5) is 5.13 Å². The summed E-state index contributed by atoms with van der Waals surface area (Å²) in [7, 11) is 0. The predicted molar refractivity (Wildman–Crippen MR) is 74.7 cm³/mol. The summed E-state index contributed by atoms with van der Waals surface area (Å²) in [6, 6.07) is 0. The van der Waals surface area contributed by atoms with Crippen molar-refractivity contribution in [2.24, 2.45) is 11.1 Å². The molecule has 3 N–H and O–H groups in total. The van der Waals surface area contributed by atoms with Crippen LogP contribution in [-0.4, -0.2) is 18.1 Å². The van der Waals surface area contributed by atoms with Crippen LogP contribution in [0.5, 0.6) is 0 Å². The minimum atomic E-state index is 0.311. The molecule has 1 heterocycles. The van der Waals surface area contributed by atoms with E-state index in [0.29, 0.717) is 5.41 Å². The van der Waals surface area contributed by atoms with Crippen molar-refractivity contribution < 1.29 is 0 Å². The second-order valence-corrected chi connectivity index (χ2v) is 6.48. The molecule has 96 valence electrons. The van der Waals surface area contributed by atoms with Crippen LogP contribution >= 0.6 is 11.3 Å². The molecule has 1 saturated carbocycles. The number of hydrogen-bond acceptors (Lipinski definition) is 4. The van der Waals surface area contributed by atoms with Crippen LogP contribution < -0.4 is 11.1 Å². The molecule has 0 unspecified atom stereocenters. The molecule has 0 radical (unpaired) electrons. The first-order valence-electron chi connectivity index (χ1n) is 6.53. The minimum Gasteiger partial charge on any atom is -0.361 e. The summed E-state index contributed by atoms with van der Waals surface area (Å²) in [5, 5.41) is 4.55. The highest BCUT2D eigenvalue weighted by Crippen LogP contribution is 2.35. The van der Waals surface area contributed by atoms with E-state index in [2.05, 4.69) is 24.1 Å². The summed E-state index contributed by atoms with van der Waals surface area (Å²) in [4.78, 5) is 5.83. The van der Waals surface area contributed by atoms with Gasteiger partial charge in [-0.25, -0.2) is 4.98 Å². The second-order valence-electron chi connectivity index (χ2n) is 5.28. The quantitative estimate of drug-likeness (QED) is 0.867. The van der Waals surface area contributed by atoms with Crippen LogP contribution in [-0.2, 0) is 0 Å². The van der Waals surface area contributed by atoms with Gasteiger partial charge in [-0.1, -0.05) is 19.3 Å². The van der Waals surface area contributed by atoms with Crippen molar-refractivity contribution in [3.8, 4) is 0 Å². The second kappa shape index (κ2) is 5.36. The Balaban J connectivity index is 1.95. The van der Waals surface area contributed by atoms with E-state index in [-0.39, 0.29) is 0 Å². The van der Waals surface area contributed by atoms with Gasteiger partial charge in [0.25, 0.3) is 0 Å². The fraction of sp³-hybridized carbons (Fsp3) is 0.769. The lowest BCUT2D eigenvalue weighted by Gasteiger charge is -2.36. The molecule has 17 heavy (non-hydrogen) atoms. The van der Waals surface area contributed by atoms with Gasteiger partial charge in [0.05, 0.1) is 5.69 Å². The maximum absolute atomic E-state index is 5.98. The topological polar surface area (TPSA) is 50.9 Å². The van der Waals surface area contributed by atoms with E-state index in [1.54, 1.807) is 11.3 Å². The van der Waals surface area contributed by atoms with Gasteiger partial charge in [-0.3, -0.25) is 0 Å². The van der Waals surface area contributed by atoms with E-state index in [4.69, 9.17) is 5.73 Å². The van der Waals surface area contributed by atoms with Crippen LogP contribution in [0, 0.1) is 19.3 Å². The van der Waals surface area contributed by atoms with Crippen LogP contribution in [0.15, 0.2) is 0 Å². The first-order valence-corrected chi connectivity index (χ1v) is 7.35. The zero-order valence-corrected chi connectivity index (χ0v) is 11.7. The summed E-state index contributed by atoms with van der Waals surface area (Å²) in [5.74, 6) is 0. The molecule has 1 aliphatic rings. The molecule has 1 aromatic heterocycles. The van der Waals surface area contributed by atoms with Gasteiger partial charge in [0.15, 0.2) is 5.13 Å². The summed E-state index contributed by atoms with van der Waals surface area (Å²) in [5.41, 5.74) is 7.43. The molecule has 0 aliphatic heterocycles. The maximum Gasteiger partial charge on any atom is 0.183 e. The van der Waals surface area contributed by atoms with E-state index < -0.39 is 0 Å². The summed E-state index contributed by atoms with van der Waals surface area (Å²) in [6.07, 6.45) is 6.56. The highest BCUT2D eigenvalue weighted by atomic mass is 32.1. The fourth-order valence-electron chi connectivity index (χ4n) is 2.57. The average Bonchev–Trinajstić information content (AvgIpc) is 2.68. The number of nitrogens with zero attached hydrogens (tertiary/aromatic N) is 1. The Kier molecular flexibility index (Phi) is 4.05. The molecular formula is C13H23N3S. The minimum absolute atomic E-state index is 0.311. The Morgan fingerprint density at radius 1 is 1.29 bits per heavy atom. The molecule has 3 nitrogen and oxygen atoms in total. The molecule has 0 saturated heterocycles. The van der Waals surface area contributed by atoms with Crippen LogP contribution in [0.1, 0.15) is 42.7 Å². The van der Waals surface area contributed by atoms with Crippen molar-refractivity contribution >= 4 is 16.5 Å². The van der Waals surface area contributed by atoms with Gasteiger partial charge in [-0.2, -0.15) is 0 Å². The van der Waals surface area contributed by atoms with Crippen molar-refractivity contribution in [1.82, 2.24) is 4.98 Å². The highest BCUT2D eigenvalue weighted by molar-refractivity contribution is 7.15. The number of rotatable bonds is 4. The van der Waals surface area contributed by atoms with Crippen LogP contribution in [0.3, 0.4) is 0 Å². The molecule has 1 aliphatic carbocycles. The van der Waals surface area contributed by atoms with E-state index >= 15 is 0 Å². The molecule has 0 atom stereocenters. The molecule has 4 heteroatoms. The first-order chi connectivity index (χ1) is 8.15. The monoisotopic (exact) mass is 253 g/mol. The van der Waals surface area contributed by atoms with Gasteiger partial charge in [-0.15, -0.1) is 11.3 Å². The molecule has 1 aromatic rings. The zero-order chi connectivity index (χ0) is 12.3. The van der Waals surface area contributed by atoms with Crippen LogP contribution in [0.2, 0.25) is 0 Å². The molecule has 0 amide bonds. The lowest BCUT2D eigenvalue weighted by atomic mass is 9.74. The number of nitrogens with one attached hydrogen (secondary N) is 1. The zero-order valence-electron chi connectivity index (χ0n) is 10.9. The Hall–Kier alpha value is -0.610.